The van der Waals surface area contributed by atoms with Crippen LogP contribution in [0.5, 0.6) is 0 Å². The van der Waals surface area contributed by atoms with E-state index in [0.29, 0.717) is 35.2 Å². The first-order valence-corrected chi connectivity index (χ1v) is 12.4. The predicted molar refractivity (Wildman–Crippen MR) is 139 cm³/mol. The number of ether oxygens (including phenoxy) is 1. The summed E-state index contributed by atoms with van der Waals surface area (Å²) >= 11 is 0. The number of aromatic nitrogens is 2. The molecule has 6 rings (SSSR count). The van der Waals surface area contributed by atoms with Gasteiger partial charge in [-0.25, -0.2) is 0 Å². The summed E-state index contributed by atoms with van der Waals surface area (Å²) < 4.78 is 11.5. The van der Waals surface area contributed by atoms with Crippen LogP contribution in [0.4, 0.5) is 5.69 Å². The summed E-state index contributed by atoms with van der Waals surface area (Å²) in [6, 6.07) is 19.4. The number of rotatable bonds is 6. The molecule has 1 N–H and O–H groups in total. The predicted octanol–water partition coefficient (Wildman–Crippen LogP) is 4.74. The summed E-state index contributed by atoms with van der Waals surface area (Å²) in [6.07, 6.45) is 1.59. The number of aryl methyl sites for hydroxylation is 1. The second-order valence-electron chi connectivity index (χ2n) is 9.43. The summed E-state index contributed by atoms with van der Waals surface area (Å²) in [5.74, 6) is -0.439. The van der Waals surface area contributed by atoms with E-state index in [1.807, 2.05) is 37.3 Å². The number of hydrogen-bond acceptors (Lipinski definition) is 7. The highest BCUT2D eigenvalue weighted by Crippen LogP contribution is 2.28. The number of amides is 3. The molecule has 1 aromatic heterocycles. The van der Waals surface area contributed by atoms with Gasteiger partial charge in [0.1, 0.15) is 0 Å². The Kier molecular flexibility index (Phi) is 6.05. The second kappa shape index (κ2) is 9.68. The molecule has 1 fully saturated rings. The minimum atomic E-state index is -0.409. The molecule has 1 unspecified atom stereocenters. The first kappa shape index (κ1) is 23.7. The fourth-order valence-corrected chi connectivity index (χ4v) is 4.76. The van der Waals surface area contributed by atoms with Crippen molar-refractivity contribution in [2.24, 2.45) is 0 Å². The fourth-order valence-electron chi connectivity index (χ4n) is 4.76. The summed E-state index contributed by atoms with van der Waals surface area (Å²) in [5.41, 5.74) is 3.87. The Hall–Kier alpha value is -4.63. The molecule has 190 valence electrons. The van der Waals surface area contributed by atoms with Crippen LogP contribution in [0.1, 0.15) is 49.5 Å². The maximum Gasteiger partial charge on any atom is 0.261 e. The lowest BCUT2D eigenvalue weighted by Crippen LogP contribution is -2.36. The molecule has 3 aromatic carbocycles. The van der Waals surface area contributed by atoms with Gasteiger partial charge in [0.2, 0.25) is 11.8 Å². The molecule has 4 aromatic rings. The zero-order valence-electron chi connectivity index (χ0n) is 20.6. The zero-order chi connectivity index (χ0) is 26.2. The number of benzene rings is 3. The number of fused-ring (bicyclic) bond motifs is 1. The Balaban J connectivity index is 1.18. The van der Waals surface area contributed by atoms with Crippen LogP contribution in [0.3, 0.4) is 0 Å². The SMILES string of the molecule is Cc1cccc(-c2nnc(-c3cccc(NC(=O)c4ccc5c(c4)C(=O)N(CC4CCCO4)C5=O)c3)o2)c1. The van der Waals surface area contributed by atoms with E-state index >= 15 is 0 Å². The Bertz CT molecular complexity index is 1570. The normalized spacial score (nSPS) is 16.7. The number of imide groups is 1. The van der Waals surface area contributed by atoms with E-state index in [-0.39, 0.29) is 29.7 Å². The lowest BCUT2D eigenvalue weighted by Gasteiger charge is -2.17. The number of nitrogens with one attached hydrogen (secondary N) is 1. The van der Waals surface area contributed by atoms with Crippen molar-refractivity contribution in [2.75, 3.05) is 18.5 Å². The Labute approximate surface area is 218 Å². The van der Waals surface area contributed by atoms with Gasteiger partial charge in [-0.3, -0.25) is 19.3 Å². The van der Waals surface area contributed by atoms with Crippen molar-refractivity contribution in [1.29, 1.82) is 0 Å². The first-order valence-electron chi connectivity index (χ1n) is 12.4. The van der Waals surface area contributed by atoms with Crippen LogP contribution < -0.4 is 5.32 Å². The van der Waals surface area contributed by atoms with Crippen LogP contribution in [-0.4, -0.2) is 52.1 Å². The van der Waals surface area contributed by atoms with E-state index in [1.165, 1.54) is 17.0 Å². The first-order chi connectivity index (χ1) is 18.5. The zero-order valence-corrected chi connectivity index (χ0v) is 20.6. The average molecular weight is 509 g/mol. The number of hydrogen-bond donors (Lipinski definition) is 1. The van der Waals surface area contributed by atoms with Gasteiger partial charge in [-0.2, -0.15) is 0 Å². The quantitative estimate of drug-likeness (QED) is 0.374. The van der Waals surface area contributed by atoms with E-state index in [0.717, 1.165) is 24.0 Å². The highest BCUT2D eigenvalue weighted by atomic mass is 16.5. The molecule has 0 bridgehead atoms. The van der Waals surface area contributed by atoms with Crippen LogP contribution in [-0.2, 0) is 4.74 Å². The van der Waals surface area contributed by atoms with Crippen molar-refractivity contribution in [2.45, 2.75) is 25.9 Å². The molecular formula is C29H24N4O5. The van der Waals surface area contributed by atoms with Gasteiger partial charge in [0.05, 0.1) is 23.8 Å². The molecule has 9 heteroatoms. The Morgan fingerprint density at radius 3 is 2.42 bits per heavy atom. The van der Waals surface area contributed by atoms with E-state index in [2.05, 4.69) is 15.5 Å². The van der Waals surface area contributed by atoms with E-state index in [1.54, 1.807) is 24.3 Å². The second-order valence-corrected chi connectivity index (χ2v) is 9.43. The minimum Gasteiger partial charge on any atom is -0.416 e. The average Bonchev–Trinajstić information content (AvgIpc) is 3.67. The molecule has 1 saturated heterocycles. The molecule has 3 amide bonds. The Morgan fingerprint density at radius 1 is 0.947 bits per heavy atom. The van der Waals surface area contributed by atoms with Gasteiger partial charge in [-0.1, -0.05) is 23.8 Å². The van der Waals surface area contributed by atoms with E-state index < -0.39 is 11.8 Å². The molecule has 9 nitrogen and oxygen atoms in total. The third-order valence-electron chi connectivity index (χ3n) is 6.70. The third kappa shape index (κ3) is 4.48. The summed E-state index contributed by atoms with van der Waals surface area (Å²) in [5, 5.41) is 11.2. The summed E-state index contributed by atoms with van der Waals surface area (Å²) in [6.45, 7) is 2.85. The number of anilines is 1. The standard InChI is InChI=1S/C29H24N4O5/c1-17-5-2-6-19(13-17)26-31-32-27(38-26)20-7-3-8-21(14-20)30-25(34)18-10-11-23-24(15-18)29(36)33(28(23)35)16-22-9-4-12-37-22/h2-3,5-8,10-11,13-15,22H,4,9,12,16H2,1H3,(H,30,34). The highest BCUT2D eigenvalue weighted by Gasteiger charge is 2.38. The van der Waals surface area contributed by atoms with Gasteiger partial charge < -0.3 is 14.5 Å². The summed E-state index contributed by atoms with van der Waals surface area (Å²) in [4.78, 5) is 40.0. The van der Waals surface area contributed by atoms with E-state index in [4.69, 9.17) is 9.15 Å². The minimum absolute atomic E-state index is 0.140. The molecule has 0 spiro atoms. The van der Waals surface area contributed by atoms with Gasteiger partial charge in [-0.15, -0.1) is 10.2 Å². The molecule has 1 atom stereocenters. The molecule has 0 aliphatic carbocycles. The van der Waals surface area contributed by atoms with Crippen LogP contribution in [0, 0.1) is 6.92 Å². The van der Waals surface area contributed by atoms with Crippen LogP contribution in [0.2, 0.25) is 0 Å². The molecular weight excluding hydrogens is 484 g/mol. The van der Waals surface area contributed by atoms with Crippen molar-refractivity contribution in [3.63, 3.8) is 0 Å². The smallest absolute Gasteiger partial charge is 0.261 e. The molecule has 38 heavy (non-hydrogen) atoms. The largest absolute Gasteiger partial charge is 0.416 e. The maximum atomic E-state index is 13.0. The van der Waals surface area contributed by atoms with Crippen molar-refractivity contribution >= 4 is 23.4 Å². The topological polar surface area (TPSA) is 115 Å². The van der Waals surface area contributed by atoms with Crippen molar-refractivity contribution in [1.82, 2.24) is 15.1 Å². The molecule has 2 aliphatic rings. The monoisotopic (exact) mass is 508 g/mol. The lowest BCUT2D eigenvalue weighted by molar-refractivity contribution is 0.0475. The molecule has 0 radical (unpaired) electrons. The van der Waals surface area contributed by atoms with Gasteiger partial charge in [0.15, 0.2) is 0 Å². The Morgan fingerprint density at radius 2 is 1.68 bits per heavy atom. The van der Waals surface area contributed by atoms with Crippen LogP contribution in [0.15, 0.2) is 71.1 Å². The van der Waals surface area contributed by atoms with Crippen molar-refractivity contribution in [3.05, 3.63) is 89.0 Å². The van der Waals surface area contributed by atoms with Gasteiger partial charge in [0, 0.05) is 29.0 Å². The van der Waals surface area contributed by atoms with Crippen molar-refractivity contribution < 1.29 is 23.5 Å². The van der Waals surface area contributed by atoms with Crippen LogP contribution >= 0.6 is 0 Å². The van der Waals surface area contributed by atoms with Crippen molar-refractivity contribution in [3.8, 4) is 22.9 Å². The third-order valence-corrected chi connectivity index (χ3v) is 6.70. The fraction of sp³-hybridized carbons (Fsp3) is 0.207. The highest BCUT2D eigenvalue weighted by molar-refractivity contribution is 6.22. The molecule has 3 heterocycles. The van der Waals surface area contributed by atoms with Crippen LogP contribution in [0.25, 0.3) is 22.9 Å². The number of nitrogens with zero attached hydrogens (tertiary/aromatic N) is 3. The molecule has 0 saturated carbocycles. The van der Waals surface area contributed by atoms with Gasteiger partial charge in [-0.05, 0) is 68.3 Å². The molecule has 2 aliphatic heterocycles. The summed E-state index contributed by atoms with van der Waals surface area (Å²) in [7, 11) is 0. The number of carbonyl (C=O) groups is 3. The maximum absolute atomic E-state index is 13.0. The van der Waals surface area contributed by atoms with Gasteiger partial charge in [0.25, 0.3) is 17.7 Å². The number of carbonyl (C=O) groups excluding carboxylic acids is 3. The van der Waals surface area contributed by atoms with Gasteiger partial charge >= 0.3 is 0 Å². The lowest BCUT2D eigenvalue weighted by atomic mass is 10.1. The van der Waals surface area contributed by atoms with E-state index in [9.17, 15) is 14.4 Å².